The van der Waals surface area contributed by atoms with Crippen LogP contribution in [0.15, 0.2) is 35.1 Å². The molecule has 2 aromatic rings. The maximum atomic E-state index is 11.8. The molecule has 0 radical (unpaired) electrons. The Hall–Kier alpha value is -1.66. The zero-order chi connectivity index (χ0) is 13.1. The molecule has 2 N–H and O–H groups in total. The first-order valence-corrected chi connectivity index (χ1v) is 6.01. The van der Waals surface area contributed by atoms with Crippen LogP contribution in [0.2, 0.25) is 5.15 Å². The molecule has 2 aromatic heterocycles. The Bertz CT molecular complexity index is 607. The number of halogens is 2. The van der Waals surface area contributed by atoms with Crippen LogP contribution < -0.4 is 5.32 Å². The van der Waals surface area contributed by atoms with E-state index in [0.29, 0.717) is 15.3 Å². The van der Waals surface area contributed by atoms with E-state index in [1.807, 2.05) is 0 Å². The van der Waals surface area contributed by atoms with Gasteiger partial charge in [-0.25, -0.2) is 9.97 Å². The van der Waals surface area contributed by atoms with Crippen LogP contribution in [-0.4, -0.2) is 21.0 Å². The van der Waals surface area contributed by atoms with E-state index in [0.717, 1.165) is 0 Å². The fraction of sp³-hybridized carbons (Fsp3) is 0. The smallest absolute Gasteiger partial charge is 0.278 e. The molecule has 0 aliphatic carbocycles. The number of carbonyl (C=O) groups excluding carboxylic acids is 1. The molecule has 7 heteroatoms. The molecule has 2 heterocycles. The van der Waals surface area contributed by atoms with E-state index in [1.165, 1.54) is 24.5 Å². The second kappa shape index (κ2) is 5.32. The lowest BCUT2D eigenvalue weighted by atomic mass is 10.3. The number of amides is 1. The number of anilines is 1. The van der Waals surface area contributed by atoms with Gasteiger partial charge in [-0.15, -0.1) is 0 Å². The van der Waals surface area contributed by atoms with Gasteiger partial charge >= 0.3 is 0 Å². The fourth-order valence-electron chi connectivity index (χ4n) is 1.25. The zero-order valence-electron chi connectivity index (χ0n) is 8.89. The van der Waals surface area contributed by atoms with Crippen molar-refractivity contribution in [3.05, 3.63) is 45.9 Å². The SMILES string of the molecule is O=C(Nc1cnc(Cl)c(Br)c1)c1ncccc1O. The normalized spacial score (nSPS) is 10.1. The summed E-state index contributed by atoms with van der Waals surface area (Å²) in [5.41, 5.74) is 0.393. The van der Waals surface area contributed by atoms with Gasteiger partial charge in [0, 0.05) is 6.20 Å². The minimum Gasteiger partial charge on any atom is -0.505 e. The summed E-state index contributed by atoms with van der Waals surface area (Å²) in [7, 11) is 0. The van der Waals surface area contributed by atoms with E-state index < -0.39 is 5.91 Å². The highest BCUT2D eigenvalue weighted by Gasteiger charge is 2.12. The Morgan fingerprint density at radius 1 is 1.44 bits per heavy atom. The van der Waals surface area contributed by atoms with Crippen LogP contribution in [0.4, 0.5) is 5.69 Å². The molecule has 0 aromatic carbocycles. The number of hydrogen-bond acceptors (Lipinski definition) is 4. The lowest BCUT2D eigenvalue weighted by molar-refractivity contribution is 0.101. The molecule has 0 bridgehead atoms. The lowest BCUT2D eigenvalue weighted by Crippen LogP contribution is -2.13. The highest BCUT2D eigenvalue weighted by molar-refractivity contribution is 9.10. The Labute approximate surface area is 116 Å². The highest BCUT2D eigenvalue weighted by Crippen LogP contribution is 2.23. The molecule has 0 atom stereocenters. The maximum Gasteiger partial charge on any atom is 0.278 e. The largest absolute Gasteiger partial charge is 0.505 e. The second-order valence-electron chi connectivity index (χ2n) is 3.32. The van der Waals surface area contributed by atoms with Gasteiger partial charge in [0.2, 0.25) is 0 Å². The number of aromatic hydroxyl groups is 1. The van der Waals surface area contributed by atoms with Gasteiger partial charge in [0.1, 0.15) is 10.9 Å². The minimum atomic E-state index is -0.524. The van der Waals surface area contributed by atoms with E-state index in [9.17, 15) is 9.90 Å². The van der Waals surface area contributed by atoms with Crippen molar-refractivity contribution in [3.63, 3.8) is 0 Å². The molecule has 1 amide bonds. The van der Waals surface area contributed by atoms with Crippen molar-refractivity contribution in [3.8, 4) is 5.75 Å². The van der Waals surface area contributed by atoms with E-state index in [1.54, 1.807) is 6.07 Å². The second-order valence-corrected chi connectivity index (χ2v) is 4.53. The summed E-state index contributed by atoms with van der Waals surface area (Å²) in [6, 6.07) is 4.53. The van der Waals surface area contributed by atoms with E-state index >= 15 is 0 Å². The van der Waals surface area contributed by atoms with Gasteiger partial charge in [-0.3, -0.25) is 4.79 Å². The fourth-order valence-corrected chi connectivity index (χ4v) is 1.70. The van der Waals surface area contributed by atoms with Crippen molar-refractivity contribution in [1.29, 1.82) is 0 Å². The number of nitrogens with zero attached hydrogens (tertiary/aromatic N) is 2. The van der Waals surface area contributed by atoms with Crippen molar-refractivity contribution < 1.29 is 9.90 Å². The Balaban J connectivity index is 2.22. The van der Waals surface area contributed by atoms with Crippen LogP contribution in [0.3, 0.4) is 0 Å². The molecule has 0 saturated carbocycles. The summed E-state index contributed by atoms with van der Waals surface area (Å²) >= 11 is 8.93. The maximum absolute atomic E-state index is 11.8. The molecule has 18 heavy (non-hydrogen) atoms. The summed E-state index contributed by atoms with van der Waals surface area (Å²) in [5.74, 6) is -0.708. The van der Waals surface area contributed by atoms with Crippen LogP contribution >= 0.6 is 27.5 Å². The summed E-state index contributed by atoms with van der Waals surface area (Å²) in [6.07, 6.45) is 2.83. The number of hydrogen-bond donors (Lipinski definition) is 2. The van der Waals surface area contributed by atoms with Gasteiger partial charge in [-0.05, 0) is 34.1 Å². The van der Waals surface area contributed by atoms with Crippen LogP contribution in [0.1, 0.15) is 10.5 Å². The molecular weight excluding hydrogens is 321 g/mol. The Morgan fingerprint density at radius 3 is 2.89 bits per heavy atom. The number of aromatic nitrogens is 2. The number of pyridine rings is 2. The summed E-state index contributed by atoms with van der Waals surface area (Å²) in [4.78, 5) is 19.5. The summed E-state index contributed by atoms with van der Waals surface area (Å²) in [5, 5.41) is 12.3. The van der Waals surface area contributed by atoms with Gasteiger partial charge in [0.25, 0.3) is 5.91 Å². The molecule has 2 rings (SSSR count). The lowest BCUT2D eigenvalue weighted by Gasteiger charge is -2.06. The van der Waals surface area contributed by atoms with Crippen LogP contribution in [-0.2, 0) is 0 Å². The standard InChI is InChI=1S/C11H7BrClN3O2/c12-7-4-6(5-15-10(7)13)16-11(18)9-8(17)2-1-3-14-9/h1-5,17H,(H,16,18). The van der Waals surface area contributed by atoms with Crippen molar-refractivity contribution in [1.82, 2.24) is 9.97 Å². The molecule has 0 fully saturated rings. The molecular formula is C11H7BrClN3O2. The first kappa shape index (κ1) is 12.8. The zero-order valence-corrected chi connectivity index (χ0v) is 11.2. The minimum absolute atomic E-state index is 0.0522. The molecule has 0 aliphatic rings. The third-order valence-corrected chi connectivity index (χ3v) is 3.19. The van der Waals surface area contributed by atoms with E-state index in [-0.39, 0.29) is 11.4 Å². The first-order chi connectivity index (χ1) is 8.58. The predicted molar refractivity (Wildman–Crippen MR) is 70.8 cm³/mol. The van der Waals surface area contributed by atoms with Crippen LogP contribution in [0.25, 0.3) is 0 Å². The van der Waals surface area contributed by atoms with Crippen molar-refractivity contribution in [2.45, 2.75) is 0 Å². The van der Waals surface area contributed by atoms with Crippen molar-refractivity contribution >= 4 is 39.1 Å². The van der Waals surface area contributed by atoms with E-state index in [4.69, 9.17) is 11.6 Å². The third-order valence-electron chi connectivity index (χ3n) is 2.06. The van der Waals surface area contributed by atoms with Crippen LogP contribution in [0.5, 0.6) is 5.75 Å². The number of rotatable bonds is 2. The Kier molecular flexibility index (Phi) is 3.78. The monoisotopic (exact) mass is 327 g/mol. The molecule has 0 saturated heterocycles. The average molecular weight is 329 g/mol. The van der Waals surface area contributed by atoms with Gasteiger partial charge in [-0.2, -0.15) is 0 Å². The molecule has 0 aliphatic heterocycles. The quantitative estimate of drug-likeness (QED) is 0.831. The van der Waals surface area contributed by atoms with Gasteiger partial charge in [0.15, 0.2) is 5.69 Å². The van der Waals surface area contributed by atoms with Crippen molar-refractivity contribution in [2.75, 3.05) is 5.32 Å². The van der Waals surface area contributed by atoms with Crippen LogP contribution in [0, 0.1) is 0 Å². The third kappa shape index (κ3) is 2.77. The van der Waals surface area contributed by atoms with Gasteiger partial charge < -0.3 is 10.4 Å². The average Bonchev–Trinajstić information content (AvgIpc) is 2.34. The number of nitrogens with one attached hydrogen (secondary N) is 1. The Morgan fingerprint density at radius 2 is 2.22 bits per heavy atom. The molecule has 0 spiro atoms. The summed E-state index contributed by atoms with van der Waals surface area (Å²) < 4.78 is 0.562. The molecule has 5 nitrogen and oxygen atoms in total. The predicted octanol–water partition coefficient (Wildman–Crippen LogP) is 2.85. The molecule has 92 valence electrons. The highest BCUT2D eigenvalue weighted by atomic mass is 79.9. The van der Waals surface area contributed by atoms with Gasteiger partial charge in [-0.1, -0.05) is 11.6 Å². The first-order valence-electron chi connectivity index (χ1n) is 4.84. The topological polar surface area (TPSA) is 75.1 Å². The van der Waals surface area contributed by atoms with Gasteiger partial charge in [0.05, 0.1) is 16.4 Å². The summed E-state index contributed by atoms with van der Waals surface area (Å²) in [6.45, 7) is 0. The van der Waals surface area contributed by atoms with E-state index in [2.05, 4.69) is 31.2 Å². The van der Waals surface area contributed by atoms with Crippen molar-refractivity contribution in [2.24, 2.45) is 0 Å². The number of carbonyl (C=O) groups is 1. The molecule has 0 unspecified atom stereocenters.